The number of pyridine rings is 1. The molecule has 0 saturated carbocycles. The van der Waals surface area contributed by atoms with Crippen LogP contribution in [-0.2, 0) is 22.5 Å². The van der Waals surface area contributed by atoms with Gasteiger partial charge in [0, 0.05) is 30.4 Å². The van der Waals surface area contributed by atoms with Gasteiger partial charge < -0.3 is 26.2 Å². The number of esters is 1. The fourth-order valence-electron chi connectivity index (χ4n) is 3.69. The van der Waals surface area contributed by atoms with Gasteiger partial charge in [0.1, 0.15) is 18.8 Å². The van der Waals surface area contributed by atoms with Crippen molar-refractivity contribution in [3.8, 4) is 11.3 Å². The zero-order chi connectivity index (χ0) is 27.1. The monoisotopic (exact) mass is 518 g/mol. The summed E-state index contributed by atoms with van der Waals surface area (Å²) in [5.41, 5.74) is 10.5. The molecule has 0 aliphatic heterocycles. The van der Waals surface area contributed by atoms with Gasteiger partial charge >= 0.3 is 5.97 Å². The number of anilines is 2. The molecule has 38 heavy (non-hydrogen) atoms. The lowest BCUT2D eigenvalue weighted by atomic mass is 10.1. The van der Waals surface area contributed by atoms with Crippen LogP contribution in [0.15, 0.2) is 54.9 Å². The Balaban J connectivity index is 1.42. The molecule has 2 atom stereocenters. The van der Waals surface area contributed by atoms with Crippen molar-refractivity contribution < 1.29 is 14.6 Å². The Morgan fingerprint density at radius 1 is 1.13 bits per heavy atom. The fraction of sp³-hybridized carbons (Fsp3) is 0.370. The molecule has 0 radical (unpaired) electrons. The molecular weight excluding hydrogens is 484 g/mol. The Hall–Kier alpha value is -4.09. The number of aliphatic hydroxyl groups is 1. The molecule has 5 N–H and O–H groups in total. The summed E-state index contributed by atoms with van der Waals surface area (Å²) in [6.45, 7) is 6.13. The van der Waals surface area contributed by atoms with Crippen molar-refractivity contribution in [1.29, 1.82) is 0 Å². The minimum Gasteiger partial charge on any atom is -0.462 e. The summed E-state index contributed by atoms with van der Waals surface area (Å²) >= 11 is 0. The summed E-state index contributed by atoms with van der Waals surface area (Å²) in [7, 11) is 0. The van der Waals surface area contributed by atoms with E-state index in [1.54, 1.807) is 16.9 Å². The van der Waals surface area contributed by atoms with E-state index in [-0.39, 0.29) is 19.1 Å². The molecule has 0 unspecified atom stereocenters. The average Bonchev–Trinajstić information content (AvgIpc) is 3.37. The van der Waals surface area contributed by atoms with E-state index in [0.29, 0.717) is 24.1 Å². The van der Waals surface area contributed by atoms with Crippen LogP contribution < -0.4 is 16.4 Å². The van der Waals surface area contributed by atoms with Gasteiger partial charge in [-0.2, -0.15) is 19.6 Å². The number of hydrogen-bond donors (Lipinski definition) is 4. The van der Waals surface area contributed by atoms with Crippen molar-refractivity contribution in [2.24, 2.45) is 11.7 Å². The number of ether oxygens (including phenoxy) is 1. The van der Waals surface area contributed by atoms with E-state index in [1.807, 2.05) is 63.2 Å². The molecule has 0 amide bonds. The Morgan fingerprint density at radius 2 is 1.92 bits per heavy atom. The number of fused-ring (bicyclic) bond motifs is 1. The second-order valence-corrected chi connectivity index (χ2v) is 9.33. The van der Waals surface area contributed by atoms with E-state index in [0.717, 1.165) is 28.8 Å². The van der Waals surface area contributed by atoms with Crippen LogP contribution in [0.4, 0.5) is 11.9 Å². The average molecular weight is 519 g/mol. The lowest BCUT2D eigenvalue weighted by Crippen LogP contribution is -2.39. The first kappa shape index (κ1) is 27.0. The first-order chi connectivity index (χ1) is 18.4. The number of nitrogens with one attached hydrogen (secondary N) is 2. The van der Waals surface area contributed by atoms with E-state index < -0.39 is 18.1 Å². The van der Waals surface area contributed by atoms with Crippen LogP contribution >= 0.6 is 0 Å². The first-order valence-electron chi connectivity index (χ1n) is 12.7. The molecule has 4 rings (SSSR count). The van der Waals surface area contributed by atoms with Crippen molar-refractivity contribution >= 4 is 23.5 Å². The van der Waals surface area contributed by atoms with Crippen LogP contribution in [-0.4, -0.2) is 60.9 Å². The summed E-state index contributed by atoms with van der Waals surface area (Å²) in [6, 6.07) is 13.3. The largest absolute Gasteiger partial charge is 0.462 e. The third-order valence-electron chi connectivity index (χ3n) is 6.09. The number of aromatic nitrogens is 5. The number of carbonyl (C=O) groups excluding carboxylic acids is 1. The van der Waals surface area contributed by atoms with Crippen molar-refractivity contribution in [3.05, 3.63) is 66.0 Å². The highest BCUT2D eigenvalue weighted by molar-refractivity contribution is 5.75. The second kappa shape index (κ2) is 12.4. The standard InChI is InChI=1S/C27H34N8O3/c1-4-19-14-32-35-24(19)33-26(30-15-21(36)16-38-25(37)23(28)17(2)3)34-27(35)31-13-18-8-10-20(11-9-18)22-7-5-6-12-29-22/h5-12,14,17,21,23,36H,4,13,15-16,28H2,1-3H3,(H2,30,31,33,34)/t21-,23+/m0/s1. The predicted molar refractivity (Wildman–Crippen MR) is 145 cm³/mol. The van der Waals surface area contributed by atoms with Gasteiger partial charge in [0.15, 0.2) is 5.65 Å². The molecule has 1 aromatic carbocycles. The van der Waals surface area contributed by atoms with Gasteiger partial charge in [-0.15, -0.1) is 0 Å². The fourth-order valence-corrected chi connectivity index (χ4v) is 3.69. The van der Waals surface area contributed by atoms with Crippen molar-refractivity contribution in [2.45, 2.75) is 45.9 Å². The van der Waals surface area contributed by atoms with E-state index in [9.17, 15) is 9.90 Å². The smallest absolute Gasteiger partial charge is 0.323 e. The summed E-state index contributed by atoms with van der Waals surface area (Å²) in [6.07, 6.45) is 3.35. The van der Waals surface area contributed by atoms with Crippen LogP contribution in [0.25, 0.3) is 16.9 Å². The zero-order valence-electron chi connectivity index (χ0n) is 21.8. The Morgan fingerprint density at radius 3 is 2.61 bits per heavy atom. The van der Waals surface area contributed by atoms with E-state index >= 15 is 0 Å². The summed E-state index contributed by atoms with van der Waals surface area (Å²) in [4.78, 5) is 25.5. The van der Waals surface area contributed by atoms with E-state index in [2.05, 4.69) is 30.7 Å². The number of aliphatic hydroxyl groups excluding tert-OH is 1. The summed E-state index contributed by atoms with van der Waals surface area (Å²) in [5, 5.41) is 21.1. The third kappa shape index (κ3) is 6.61. The minimum absolute atomic E-state index is 0.0500. The Kier molecular flexibility index (Phi) is 8.82. The lowest BCUT2D eigenvalue weighted by molar-refractivity contribution is -0.149. The van der Waals surface area contributed by atoms with Crippen LogP contribution in [0.3, 0.4) is 0 Å². The quantitative estimate of drug-likeness (QED) is 0.206. The molecule has 0 bridgehead atoms. The molecule has 0 aliphatic rings. The normalized spacial score (nSPS) is 12.9. The number of aryl methyl sites for hydroxylation is 1. The van der Waals surface area contributed by atoms with Gasteiger partial charge in [0.2, 0.25) is 11.9 Å². The highest BCUT2D eigenvalue weighted by atomic mass is 16.5. The van der Waals surface area contributed by atoms with Gasteiger partial charge in [-0.25, -0.2) is 0 Å². The molecule has 0 spiro atoms. The van der Waals surface area contributed by atoms with Crippen molar-refractivity contribution in [1.82, 2.24) is 24.6 Å². The number of carbonyl (C=O) groups is 1. The molecule has 0 fully saturated rings. The Bertz CT molecular complexity index is 1340. The van der Waals surface area contributed by atoms with E-state index in [1.165, 1.54) is 0 Å². The molecule has 0 aliphatic carbocycles. The predicted octanol–water partition coefficient (Wildman–Crippen LogP) is 2.66. The molecule has 3 aromatic heterocycles. The molecule has 200 valence electrons. The summed E-state index contributed by atoms with van der Waals surface area (Å²) < 4.78 is 6.80. The van der Waals surface area contributed by atoms with Crippen LogP contribution in [0.2, 0.25) is 0 Å². The second-order valence-electron chi connectivity index (χ2n) is 9.33. The third-order valence-corrected chi connectivity index (χ3v) is 6.09. The van der Waals surface area contributed by atoms with Crippen LogP contribution in [0.1, 0.15) is 31.9 Å². The minimum atomic E-state index is -0.956. The molecule has 11 heteroatoms. The first-order valence-corrected chi connectivity index (χ1v) is 12.7. The maximum atomic E-state index is 12.0. The zero-order valence-corrected chi connectivity index (χ0v) is 21.8. The highest BCUT2D eigenvalue weighted by Crippen LogP contribution is 2.19. The van der Waals surface area contributed by atoms with Crippen LogP contribution in [0.5, 0.6) is 0 Å². The number of benzene rings is 1. The number of rotatable bonds is 12. The SMILES string of the molecule is CCc1cnn2c(NCc3ccc(-c4ccccn4)cc3)nc(NC[C@H](O)COC(=O)[C@H](N)C(C)C)nc12. The summed E-state index contributed by atoms with van der Waals surface area (Å²) in [5.74, 6) is 0.244. The number of hydrogen-bond acceptors (Lipinski definition) is 10. The van der Waals surface area contributed by atoms with E-state index in [4.69, 9.17) is 10.5 Å². The van der Waals surface area contributed by atoms with Gasteiger partial charge in [-0.1, -0.05) is 51.1 Å². The lowest BCUT2D eigenvalue weighted by Gasteiger charge is -2.17. The molecule has 0 saturated heterocycles. The van der Waals surface area contributed by atoms with Gasteiger partial charge in [0.05, 0.1) is 11.9 Å². The van der Waals surface area contributed by atoms with Crippen molar-refractivity contribution in [2.75, 3.05) is 23.8 Å². The number of nitrogens with two attached hydrogens (primary N) is 1. The molecule has 4 aromatic rings. The van der Waals surface area contributed by atoms with Crippen LogP contribution in [0, 0.1) is 5.92 Å². The highest BCUT2D eigenvalue weighted by Gasteiger charge is 2.20. The van der Waals surface area contributed by atoms with Crippen molar-refractivity contribution in [3.63, 3.8) is 0 Å². The van der Waals surface area contributed by atoms with Gasteiger partial charge in [-0.05, 0) is 30.0 Å². The topological polar surface area (TPSA) is 153 Å². The maximum Gasteiger partial charge on any atom is 0.323 e. The molecular formula is C27H34N8O3. The maximum absolute atomic E-state index is 12.0. The van der Waals surface area contributed by atoms with Gasteiger partial charge in [-0.3, -0.25) is 9.78 Å². The number of nitrogens with zero attached hydrogens (tertiary/aromatic N) is 5. The van der Waals surface area contributed by atoms with Gasteiger partial charge in [0.25, 0.3) is 0 Å². The Labute approximate surface area is 221 Å². The molecule has 11 nitrogen and oxygen atoms in total. The molecule has 3 heterocycles.